The van der Waals surface area contributed by atoms with Crippen molar-refractivity contribution < 1.29 is 9.53 Å². The van der Waals surface area contributed by atoms with Crippen LogP contribution >= 0.6 is 0 Å². The van der Waals surface area contributed by atoms with E-state index in [1.165, 1.54) is 6.42 Å². The minimum Gasteiger partial charge on any atom is -0.484 e. The van der Waals surface area contributed by atoms with Crippen LogP contribution in [0.25, 0.3) is 0 Å². The molecule has 0 saturated carbocycles. The Kier molecular flexibility index (Phi) is 7.31. The van der Waals surface area contributed by atoms with Gasteiger partial charge in [0.1, 0.15) is 5.75 Å². The molecule has 1 saturated heterocycles. The van der Waals surface area contributed by atoms with Crippen LogP contribution in [-0.2, 0) is 11.3 Å². The van der Waals surface area contributed by atoms with Crippen LogP contribution in [0, 0.1) is 0 Å². The highest BCUT2D eigenvalue weighted by molar-refractivity contribution is 5.80. The molecule has 1 atom stereocenters. The number of hydrogen-bond acceptors (Lipinski definition) is 4. The molecule has 0 radical (unpaired) electrons. The van der Waals surface area contributed by atoms with Crippen LogP contribution in [0.5, 0.6) is 5.75 Å². The van der Waals surface area contributed by atoms with Crippen LogP contribution in [0.15, 0.2) is 41.4 Å². The second-order valence-corrected chi connectivity index (χ2v) is 7.10. The van der Waals surface area contributed by atoms with E-state index in [2.05, 4.69) is 37.6 Å². The van der Waals surface area contributed by atoms with Crippen molar-refractivity contribution in [2.24, 2.45) is 4.99 Å². The third-order valence-corrected chi connectivity index (χ3v) is 5.13. The summed E-state index contributed by atoms with van der Waals surface area (Å²) >= 11 is 0. The van der Waals surface area contributed by atoms with Gasteiger partial charge in [0.2, 0.25) is 0 Å². The minimum atomic E-state index is -0.108. The topological polar surface area (TPSA) is 69.2 Å². The van der Waals surface area contributed by atoms with Crippen LogP contribution in [0.1, 0.15) is 18.9 Å². The zero-order valence-corrected chi connectivity index (χ0v) is 16.9. The fraction of sp³-hybridized carbons (Fsp3) is 0.524. The number of nitrogens with zero attached hydrogens (tertiary/aromatic N) is 3. The number of ether oxygens (including phenoxy) is 1. The third-order valence-electron chi connectivity index (χ3n) is 5.13. The van der Waals surface area contributed by atoms with Crippen LogP contribution in [-0.4, -0.2) is 74.1 Å². The van der Waals surface area contributed by atoms with Crippen molar-refractivity contribution in [1.82, 2.24) is 20.4 Å². The van der Waals surface area contributed by atoms with E-state index in [1.54, 1.807) is 0 Å². The standard InChI is InChI=1S/C21H31N5O2/c1-3-23-20(27)16-28-19-8-6-7-17(13-19)14-24-21(22-2)26-12-9-18(15-26)25-10-4-5-11-25/h4-8,13,18H,3,9-12,14-16H2,1-2H3,(H,22,24)(H,23,27). The summed E-state index contributed by atoms with van der Waals surface area (Å²) in [4.78, 5) is 20.9. The number of likely N-dealkylation sites (tertiary alicyclic amines) is 1. The molecule has 0 aliphatic carbocycles. The van der Waals surface area contributed by atoms with Crippen LogP contribution < -0.4 is 15.4 Å². The molecule has 1 aromatic carbocycles. The van der Waals surface area contributed by atoms with Crippen LogP contribution in [0.2, 0.25) is 0 Å². The molecular weight excluding hydrogens is 354 g/mol. The lowest BCUT2D eigenvalue weighted by molar-refractivity contribution is -0.122. The summed E-state index contributed by atoms with van der Waals surface area (Å²) in [6, 6.07) is 8.41. The largest absolute Gasteiger partial charge is 0.484 e. The lowest BCUT2D eigenvalue weighted by Gasteiger charge is -2.25. The third kappa shape index (κ3) is 5.48. The van der Waals surface area contributed by atoms with Gasteiger partial charge in [-0.2, -0.15) is 0 Å². The maximum absolute atomic E-state index is 11.5. The first-order chi connectivity index (χ1) is 13.7. The fourth-order valence-electron chi connectivity index (χ4n) is 3.68. The van der Waals surface area contributed by atoms with Crippen molar-refractivity contribution in [3.8, 4) is 5.75 Å². The van der Waals surface area contributed by atoms with E-state index in [0.717, 1.165) is 37.7 Å². The Morgan fingerprint density at radius 3 is 2.86 bits per heavy atom. The summed E-state index contributed by atoms with van der Waals surface area (Å²) in [5.41, 5.74) is 1.09. The SMILES string of the molecule is CCNC(=O)COc1cccc(CNC(=NC)N2CCC(N3CC=CC3)C2)c1. The predicted molar refractivity (Wildman–Crippen MR) is 112 cm³/mol. The summed E-state index contributed by atoms with van der Waals surface area (Å²) in [5, 5.41) is 6.19. The quantitative estimate of drug-likeness (QED) is 0.420. The summed E-state index contributed by atoms with van der Waals surface area (Å²) in [6.07, 6.45) is 5.67. The number of amides is 1. The zero-order chi connectivity index (χ0) is 19.8. The average Bonchev–Trinajstić information content (AvgIpc) is 3.39. The Hall–Kier alpha value is -2.54. The first kappa shape index (κ1) is 20.2. The number of likely N-dealkylation sites (N-methyl/N-ethyl adjacent to an activating group) is 1. The van der Waals surface area contributed by atoms with Crippen molar-refractivity contribution in [3.05, 3.63) is 42.0 Å². The van der Waals surface area contributed by atoms with Crippen molar-refractivity contribution in [2.45, 2.75) is 25.9 Å². The highest BCUT2D eigenvalue weighted by atomic mass is 16.5. The van der Waals surface area contributed by atoms with E-state index in [4.69, 9.17) is 4.74 Å². The first-order valence-corrected chi connectivity index (χ1v) is 10.0. The number of hydrogen-bond donors (Lipinski definition) is 2. The van der Waals surface area contributed by atoms with Gasteiger partial charge in [0.05, 0.1) is 0 Å². The van der Waals surface area contributed by atoms with E-state index in [1.807, 2.05) is 38.2 Å². The van der Waals surface area contributed by atoms with E-state index < -0.39 is 0 Å². The van der Waals surface area contributed by atoms with Gasteiger partial charge in [-0.1, -0.05) is 24.3 Å². The van der Waals surface area contributed by atoms with Gasteiger partial charge < -0.3 is 20.3 Å². The average molecular weight is 386 g/mol. The van der Waals surface area contributed by atoms with Gasteiger partial charge in [0, 0.05) is 52.4 Å². The number of guanidine groups is 1. The molecule has 2 aliphatic heterocycles. The van der Waals surface area contributed by atoms with Crippen molar-refractivity contribution in [2.75, 3.05) is 46.4 Å². The zero-order valence-electron chi connectivity index (χ0n) is 16.9. The second-order valence-electron chi connectivity index (χ2n) is 7.10. The lowest BCUT2D eigenvalue weighted by Crippen LogP contribution is -2.42. The number of carbonyl (C=O) groups excluding carboxylic acids is 1. The van der Waals surface area contributed by atoms with Gasteiger partial charge >= 0.3 is 0 Å². The Morgan fingerprint density at radius 1 is 1.29 bits per heavy atom. The summed E-state index contributed by atoms with van der Waals surface area (Å²) in [7, 11) is 1.83. The van der Waals surface area contributed by atoms with Gasteiger partial charge in [-0.15, -0.1) is 0 Å². The van der Waals surface area contributed by atoms with Gasteiger partial charge in [0.15, 0.2) is 12.6 Å². The van der Waals surface area contributed by atoms with Crippen LogP contribution in [0.4, 0.5) is 0 Å². The maximum Gasteiger partial charge on any atom is 0.257 e. The van der Waals surface area contributed by atoms with E-state index in [-0.39, 0.29) is 12.5 Å². The van der Waals surface area contributed by atoms with E-state index >= 15 is 0 Å². The first-order valence-electron chi connectivity index (χ1n) is 10.0. The molecule has 0 spiro atoms. The lowest BCUT2D eigenvalue weighted by atomic mass is 10.2. The number of carbonyl (C=O) groups is 1. The molecule has 0 aromatic heterocycles. The Morgan fingerprint density at radius 2 is 2.11 bits per heavy atom. The molecule has 3 rings (SSSR count). The number of nitrogens with one attached hydrogen (secondary N) is 2. The molecule has 1 aromatic rings. The molecule has 1 amide bonds. The van der Waals surface area contributed by atoms with Gasteiger partial charge in [-0.3, -0.25) is 14.7 Å². The molecular formula is C21H31N5O2. The van der Waals surface area contributed by atoms with E-state index in [9.17, 15) is 4.79 Å². The number of rotatable bonds is 7. The fourth-order valence-corrected chi connectivity index (χ4v) is 3.68. The summed E-state index contributed by atoms with van der Waals surface area (Å²) in [6.45, 7) is 7.36. The molecule has 2 heterocycles. The molecule has 7 nitrogen and oxygen atoms in total. The Labute approximate surface area is 167 Å². The smallest absolute Gasteiger partial charge is 0.257 e. The molecule has 7 heteroatoms. The van der Waals surface area contributed by atoms with Gasteiger partial charge in [-0.05, 0) is 31.0 Å². The molecule has 1 fully saturated rings. The summed E-state index contributed by atoms with van der Waals surface area (Å²) < 4.78 is 5.57. The maximum atomic E-state index is 11.5. The van der Waals surface area contributed by atoms with Crippen molar-refractivity contribution >= 4 is 11.9 Å². The Bertz CT molecular complexity index is 711. The second kappa shape index (κ2) is 10.1. The molecule has 2 N–H and O–H groups in total. The molecule has 2 aliphatic rings. The molecule has 0 bridgehead atoms. The predicted octanol–water partition coefficient (Wildman–Crippen LogP) is 1.22. The molecule has 1 unspecified atom stereocenters. The van der Waals surface area contributed by atoms with E-state index in [0.29, 0.717) is 24.9 Å². The Balaban J connectivity index is 1.48. The minimum absolute atomic E-state index is 0.0346. The monoisotopic (exact) mass is 385 g/mol. The molecule has 28 heavy (non-hydrogen) atoms. The normalized spacial score (nSPS) is 19.9. The van der Waals surface area contributed by atoms with Gasteiger partial charge in [-0.25, -0.2) is 0 Å². The van der Waals surface area contributed by atoms with Crippen molar-refractivity contribution in [1.29, 1.82) is 0 Å². The number of aliphatic imine (C=N–C) groups is 1. The van der Waals surface area contributed by atoms with Gasteiger partial charge in [0.25, 0.3) is 5.91 Å². The van der Waals surface area contributed by atoms with Crippen molar-refractivity contribution in [3.63, 3.8) is 0 Å². The number of benzene rings is 1. The highest BCUT2D eigenvalue weighted by Crippen LogP contribution is 2.18. The molecule has 152 valence electrons. The summed E-state index contributed by atoms with van der Waals surface area (Å²) in [5.74, 6) is 1.52. The highest BCUT2D eigenvalue weighted by Gasteiger charge is 2.29. The van der Waals surface area contributed by atoms with Crippen LogP contribution in [0.3, 0.4) is 0 Å².